The van der Waals surface area contributed by atoms with Crippen molar-refractivity contribution in [3.63, 3.8) is 0 Å². The highest BCUT2D eigenvalue weighted by Crippen LogP contribution is 2.37. The van der Waals surface area contributed by atoms with E-state index in [1.165, 1.54) is 0 Å². The maximum absolute atomic E-state index is 9.84. The Hall–Kier alpha value is -0.780. The number of ether oxygens (including phenoxy) is 1. The number of aromatic hydroxyl groups is 1. The fourth-order valence-corrected chi connectivity index (χ4v) is 2.41. The number of nitrogens with one attached hydrogen (secondary N) is 2. The molecule has 1 heterocycles. The molecule has 0 bridgehead atoms. The van der Waals surface area contributed by atoms with Crippen molar-refractivity contribution in [1.29, 1.82) is 0 Å². The summed E-state index contributed by atoms with van der Waals surface area (Å²) in [5, 5.41) is 16.6. The van der Waals surface area contributed by atoms with Gasteiger partial charge in [0.2, 0.25) is 0 Å². The van der Waals surface area contributed by atoms with Crippen molar-refractivity contribution < 1.29 is 9.84 Å². The van der Waals surface area contributed by atoms with Gasteiger partial charge in [0.25, 0.3) is 0 Å². The summed E-state index contributed by atoms with van der Waals surface area (Å²) in [4.78, 5) is 0. The Kier molecular flexibility index (Phi) is 4.25. The van der Waals surface area contributed by atoms with Crippen LogP contribution in [0.1, 0.15) is 18.5 Å². The third-order valence-corrected chi connectivity index (χ3v) is 3.40. The fraction of sp³-hybridized carbons (Fsp3) is 0.500. The van der Waals surface area contributed by atoms with Crippen LogP contribution >= 0.6 is 15.9 Å². The molecule has 1 saturated heterocycles. The van der Waals surface area contributed by atoms with Gasteiger partial charge in [-0.15, -0.1) is 0 Å². The first-order valence-electron chi connectivity index (χ1n) is 5.81. The lowest BCUT2D eigenvalue weighted by molar-refractivity contribution is 0.316. The van der Waals surface area contributed by atoms with E-state index in [0.717, 1.165) is 25.2 Å². The molecule has 0 amide bonds. The molecule has 1 atom stereocenters. The van der Waals surface area contributed by atoms with Crippen LogP contribution < -0.4 is 15.4 Å². The molecular weight excluding hydrogens is 284 g/mol. The molecular formula is C12H17BrN2O2. The minimum absolute atomic E-state index is 0.166. The van der Waals surface area contributed by atoms with Crippen LogP contribution in [0, 0.1) is 0 Å². The molecule has 94 valence electrons. The molecule has 3 N–H and O–H groups in total. The molecule has 0 radical (unpaired) electrons. The molecule has 17 heavy (non-hydrogen) atoms. The first-order valence-corrected chi connectivity index (χ1v) is 6.61. The van der Waals surface area contributed by atoms with Crippen LogP contribution in [-0.2, 0) is 0 Å². The number of halogens is 1. The van der Waals surface area contributed by atoms with Gasteiger partial charge in [0, 0.05) is 25.7 Å². The summed E-state index contributed by atoms with van der Waals surface area (Å²) in [6.07, 6.45) is 0. The molecule has 1 aliphatic rings. The third kappa shape index (κ3) is 2.91. The van der Waals surface area contributed by atoms with E-state index in [0.29, 0.717) is 16.8 Å². The molecule has 1 fully saturated rings. The van der Waals surface area contributed by atoms with E-state index in [9.17, 15) is 5.11 Å². The minimum Gasteiger partial charge on any atom is -0.503 e. The molecule has 1 aromatic rings. The molecule has 0 unspecified atom stereocenters. The van der Waals surface area contributed by atoms with Gasteiger partial charge in [0.15, 0.2) is 11.5 Å². The predicted octanol–water partition coefficient (Wildman–Crippen LogP) is 1.79. The summed E-state index contributed by atoms with van der Waals surface area (Å²) >= 11 is 3.36. The summed E-state index contributed by atoms with van der Waals surface area (Å²) in [5.41, 5.74) is 1.12. The average Bonchev–Trinajstić information content (AvgIpc) is 2.36. The summed E-state index contributed by atoms with van der Waals surface area (Å²) in [6, 6.07) is 4.09. The molecule has 5 heteroatoms. The van der Waals surface area contributed by atoms with Crippen LogP contribution in [0.2, 0.25) is 0 Å². The Morgan fingerprint density at radius 3 is 2.94 bits per heavy atom. The number of hydrogen-bond donors (Lipinski definition) is 3. The summed E-state index contributed by atoms with van der Waals surface area (Å²) in [5.74, 6) is 0.698. The van der Waals surface area contributed by atoms with Crippen molar-refractivity contribution in [2.75, 3.05) is 26.2 Å². The zero-order valence-electron chi connectivity index (χ0n) is 9.79. The normalized spacial score (nSPS) is 20.2. The van der Waals surface area contributed by atoms with Crippen molar-refractivity contribution in [2.24, 2.45) is 0 Å². The van der Waals surface area contributed by atoms with Crippen molar-refractivity contribution >= 4 is 15.9 Å². The summed E-state index contributed by atoms with van der Waals surface area (Å²) in [7, 11) is 0. The largest absolute Gasteiger partial charge is 0.503 e. The molecule has 0 aliphatic carbocycles. The van der Waals surface area contributed by atoms with Crippen LogP contribution in [0.3, 0.4) is 0 Å². The lowest BCUT2D eigenvalue weighted by Gasteiger charge is -2.25. The topological polar surface area (TPSA) is 53.5 Å². The summed E-state index contributed by atoms with van der Waals surface area (Å²) in [6.45, 7) is 5.28. The SMILES string of the molecule is CCOc1cc([C@H]2CNCCN2)cc(Br)c1O. The molecule has 1 aliphatic heterocycles. The van der Waals surface area contributed by atoms with E-state index in [2.05, 4.69) is 26.6 Å². The predicted molar refractivity (Wildman–Crippen MR) is 70.6 cm³/mol. The molecule has 0 saturated carbocycles. The quantitative estimate of drug-likeness (QED) is 0.797. The van der Waals surface area contributed by atoms with Crippen molar-refractivity contribution in [3.05, 3.63) is 22.2 Å². The van der Waals surface area contributed by atoms with Gasteiger partial charge in [-0.25, -0.2) is 0 Å². The van der Waals surface area contributed by atoms with E-state index in [1.54, 1.807) is 0 Å². The van der Waals surface area contributed by atoms with E-state index >= 15 is 0 Å². The van der Waals surface area contributed by atoms with Crippen LogP contribution in [0.5, 0.6) is 11.5 Å². The first-order chi connectivity index (χ1) is 8.22. The second kappa shape index (κ2) is 5.71. The highest BCUT2D eigenvalue weighted by Gasteiger charge is 2.18. The zero-order valence-corrected chi connectivity index (χ0v) is 11.4. The number of phenols is 1. The second-order valence-electron chi connectivity index (χ2n) is 3.99. The molecule has 2 rings (SSSR count). The van der Waals surface area contributed by atoms with Gasteiger partial charge in [-0.2, -0.15) is 0 Å². The first kappa shape index (κ1) is 12.7. The third-order valence-electron chi connectivity index (χ3n) is 2.79. The lowest BCUT2D eigenvalue weighted by Crippen LogP contribution is -2.42. The van der Waals surface area contributed by atoms with Crippen molar-refractivity contribution in [2.45, 2.75) is 13.0 Å². The second-order valence-corrected chi connectivity index (χ2v) is 4.85. The van der Waals surface area contributed by atoms with E-state index in [4.69, 9.17) is 4.74 Å². The van der Waals surface area contributed by atoms with Crippen LogP contribution in [0.4, 0.5) is 0 Å². The van der Waals surface area contributed by atoms with Gasteiger partial charge in [0.1, 0.15) is 0 Å². The number of hydrogen-bond acceptors (Lipinski definition) is 4. The minimum atomic E-state index is 0.166. The number of piperazine rings is 1. The van der Waals surface area contributed by atoms with Crippen molar-refractivity contribution in [3.8, 4) is 11.5 Å². The highest BCUT2D eigenvalue weighted by atomic mass is 79.9. The van der Waals surface area contributed by atoms with E-state index in [-0.39, 0.29) is 11.8 Å². The smallest absolute Gasteiger partial charge is 0.172 e. The maximum atomic E-state index is 9.84. The molecule has 0 spiro atoms. The van der Waals surface area contributed by atoms with Gasteiger partial charge in [-0.05, 0) is 40.5 Å². The Balaban J connectivity index is 2.27. The van der Waals surface area contributed by atoms with Gasteiger partial charge < -0.3 is 20.5 Å². The lowest BCUT2D eigenvalue weighted by atomic mass is 10.0. The van der Waals surface area contributed by atoms with Crippen LogP contribution in [0.25, 0.3) is 0 Å². The standard InChI is InChI=1S/C12H17BrN2O2/c1-2-17-11-6-8(5-9(13)12(11)16)10-7-14-3-4-15-10/h5-6,10,14-16H,2-4,7H2,1H3/t10-/m1/s1. The van der Waals surface area contributed by atoms with Crippen LogP contribution in [0.15, 0.2) is 16.6 Å². The molecule has 0 aromatic heterocycles. The average molecular weight is 301 g/mol. The van der Waals surface area contributed by atoms with Gasteiger partial charge >= 0.3 is 0 Å². The van der Waals surface area contributed by atoms with E-state index in [1.807, 2.05) is 19.1 Å². The molecule has 1 aromatic carbocycles. The maximum Gasteiger partial charge on any atom is 0.172 e. The fourth-order valence-electron chi connectivity index (χ4n) is 1.95. The van der Waals surface area contributed by atoms with Gasteiger partial charge in [-0.1, -0.05) is 0 Å². The Morgan fingerprint density at radius 1 is 1.47 bits per heavy atom. The zero-order chi connectivity index (χ0) is 12.3. The summed E-state index contributed by atoms with van der Waals surface area (Å²) < 4.78 is 6.09. The monoisotopic (exact) mass is 300 g/mol. The Labute approximate surface area is 109 Å². The van der Waals surface area contributed by atoms with Crippen molar-refractivity contribution in [1.82, 2.24) is 10.6 Å². The Bertz CT molecular complexity index is 392. The Morgan fingerprint density at radius 2 is 2.29 bits per heavy atom. The van der Waals surface area contributed by atoms with Gasteiger partial charge in [0.05, 0.1) is 11.1 Å². The van der Waals surface area contributed by atoms with Gasteiger partial charge in [-0.3, -0.25) is 0 Å². The molecule has 4 nitrogen and oxygen atoms in total. The number of phenolic OH excluding ortho intramolecular Hbond substituents is 1. The van der Waals surface area contributed by atoms with E-state index < -0.39 is 0 Å². The number of benzene rings is 1. The number of rotatable bonds is 3. The highest BCUT2D eigenvalue weighted by molar-refractivity contribution is 9.10. The van der Waals surface area contributed by atoms with Crippen LogP contribution in [-0.4, -0.2) is 31.3 Å².